The lowest BCUT2D eigenvalue weighted by Crippen LogP contribution is -2.54. The molecule has 1 aromatic carbocycles. The van der Waals surface area contributed by atoms with Gasteiger partial charge in [0, 0.05) is 38.2 Å². The van der Waals surface area contributed by atoms with E-state index in [1.165, 1.54) is 7.11 Å². The molecule has 24 heavy (non-hydrogen) atoms. The third kappa shape index (κ3) is 3.11. The van der Waals surface area contributed by atoms with Crippen LogP contribution in [0.1, 0.15) is 25.7 Å². The number of ether oxygens (including phenoxy) is 1. The minimum Gasteiger partial charge on any atom is -0.467 e. The monoisotopic (exact) mass is 332 g/mol. The number of carbonyl (C=O) groups excluding carboxylic acids is 2. The number of carbonyl (C=O) groups is 2. The van der Waals surface area contributed by atoms with Gasteiger partial charge in [-0.15, -0.1) is 0 Å². The summed E-state index contributed by atoms with van der Waals surface area (Å²) in [5, 5.41) is 10.3. The van der Waals surface area contributed by atoms with Gasteiger partial charge in [-0.05, 0) is 25.0 Å². The molecule has 6 nitrogen and oxygen atoms in total. The zero-order valence-electron chi connectivity index (χ0n) is 14.0. The van der Waals surface area contributed by atoms with Crippen LogP contribution >= 0.6 is 0 Å². The van der Waals surface area contributed by atoms with E-state index in [0.717, 1.165) is 25.1 Å². The van der Waals surface area contributed by atoms with E-state index in [0.29, 0.717) is 13.1 Å². The number of hydrogen-bond donors (Lipinski definition) is 1. The first-order chi connectivity index (χ1) is 11.5. The van der Waals surface area contributed by atoms with Crippen LogP contribution < -0.4 is 4.90 Å². The molecule has 2 saturated heterocycles. The van der Waals surface area contributed by atoms with Gasteiger partial charge in [0.2, 0.25) is 5.91 Å². The van der Waals surface area contributed by atoms with Crippen molar-refractivity contribution in [3.63, 3.8) is 0 Å². The van der Waals surface area contributed by atoms with Gasteiger partial charge in [0.1, 0.15) is 6.04 Å². The van der Waals surface area contributed by atoms with Gasteiger partial charge >= 0.3 is 5.97 Å². The number of aliphatic hydroxyl groups is 1. The quantitative estimate of drug-likeness (QED) is 0.842. The SMILES string of the molecule is COC(=O)C1(O)CCN(C(=O)[C@H]2CCCN2c2ccccc2)CC1. The van der Waals surface area contributed by atoms with Crippen molar-refractivity contribution in [3.8, 4) is 0 Å². The molecule has 6 heteroatoms. The van der Waals surface area contributed by atoms with E-state index in [1.54, 1.807) is 4.90 Å². The normalized spacial score (nSPS) is 23.2. The second kappa shape index (κ2) is 6.81. The molecule has 1 amide bonds. The van der Waals surface area contributed by atoms with Gasteiger partial charge in [-0.2, -0.15) is 0 Å². The van der Waals surface area contributed by atoms with Crippen LogP contribution in [0.2, 0.25) is 0 Å². The minimum atomic E-state index is -1.46. The van der Waals surface area contributed by atoms with Gasteiger partial charge in [0.15, 0.2) is 5.60 Å². The van der Waals surface area contributed by atoms with Crippen LogP contribution in [0.25, 0.3) is 0 Å². The van der Waals surface area contributed by atoms with E-state index >= 15 is 0 Å². The molecule has 0 bridgehead atoms. The summed E-state index contributed by atoms with van der Waals surface area (Å²) in [5.41, 5.74) is -0.392. The number of methoxy groups -OCH3 is 1. The first-order valence-electron chi connectivity index (χ1n) is 8.46. The molecule has 2 fully saturated rings. The fraction of sp³-hybridized carbons (Fsp3) is 0.556. The van der Waals surface area contributed by atoms with Crippen molar-refractivity contribution >= 4 is 17.6 Å². The molecule has 130 valence electrons. The van der Waals surface area contributed by atoms with E-state index < -0.39 is 11.6 Å². The van der Waals surface area contributed by atoms with E-state index in [-0.39, 0.29) is 24.8 Å². The van der Waals surface area contributed by atoms with Crippen LogP contribution in [-0.4, -0.2) is 60.3 Å². The van der Waals surface area contributed by atoms with Gasteiger partial charge < -0.3 is 19.6 Å². The summed E-state index contributed by atoms with van der Waals surface area (Å²) in [5.74, 6) is -0.523. The molecule has 0 spiro atoms. The molecular formula is C18H24N2O4. The fourth-order valence-electron chi connectivity index (χ4n) is 3.65. The Morgan fingerprint density at radius 1 is 1.17 bits per heavy atom. The Morgan fingerprint density at radius 2 is 1.83 bits per heavy atom. The van der Waals surface area contributed by atoms with Crippen molar-refractivity contribution in [1.29, 1.82) is 0 Å². The summed E-state index contributed by atoms with van der Waals surface area (Å²) in [6.45, 7) is 1.63. The molecule has 2 aliphatic rings. The van der Waals surface area contributed by atoms with E-state index in [1.807, 2.05) is 30.3 Å². The number of anilines is 1. The molecule has 0 unspecified atom stereocenters. The summed E-state index contributed by atoms with van der Waals surface area (Å²) in [6, 6.07) is 9.82. The first-order valence-corrected chi connectivity index (χ1v) is 8.46. The number of piperidine rings is 1. The Kier molecular flexibility index (Phi) is 4.76. The van der Waals surface area contributed by atoms with Gasteiger partial charge in [-0.1, -0.05) is 18.2 Å². The highest BCUT2D eigenvalue weighted by Crippen LogP contribution is 2.29. The summed E-state index contributed by atoms with van der Waals surface area (Å²) in [7, 11) is 1.27. The Labute approximate surface area is 142 Å². The molecular weight excluding hydrogens is 308 g/mol. The second-order valence-electron chi connectivity index (χ2n) is 6.54. The third-order valence-electron chi connectivity index (χ3n) is 5.09. The number of esters is 1. The van der Waals surface area contributed by atoms with Gasteiger partial charge in [-0.25, -0.2) is 4.79 Å². The molecule has 1 atom stereocenters. The van der Waals surface area contributed by atoms with Crippen molar-refractivity contribution in [2.24, 2.45) is 0 Å². The van der Waals surface area contributed by atoms with Crippen LogP contribution in [0.3, 0.4) is 0 Å². The van der Waals surface area contributed by atoms with Gasteiger partial charge in [-0.3, -0.25) is 4.79 Å². The highest BCUT2D eigenvalue weighted by atomic mass is 16.5. The smallest absolute Gasteiger partial charge is 0.337 e. The molecule has 2 heterocycles. The standard InChI is InChI=1S/C18H24N2O4/c1-24-17(22)18(23)9-12-19(13-10-18)16(21)15-8-5-11-20(15)14-6-3-2-4-7-14/h2-4,6-7,15,23H,5,8-13H2,1H3/t15-/m1/s1. The van der Waals surface area contributed by atoms with E-state index in [4.69, 9.17) is 0 Å². The van der Waals surface area contributed by atoms with Crippen LogP contribution in [0.5, 0.6) is 0 Å². The van der Waals surface area contributed by atoms with Crippen molar-refractivity contribution in [1.82, 2.24) is 4.90 Å². The first kappa shape index (κ1) is 16.8. The average molecular weight is 332 g/mol. The number of hydrogen-bond acceptors (Lipinski definition) is 5. The zero-order valence-corrected chi connectivity index (χ0v) is 14.0. The van der Waals surface area contributed by atoms with Crippen molar-refractivity contribution in [2.45, 2.75) is 37.3 Å². The lowest BCUT2D eigenvalue weighted by molar-refractivity contribution is -0.169. The van der Waals surface area contributed by atoms with Crippen LogP contribution in [-0.2, 0) is 14.3 Å². The van der Waals surface area contributed by atoms with E-state index in [2.05, 4.69) is 9.64 Å². The predicted molar refractivity (Wildman–Crippen MR) is 89.6 cm³/mol. The Balaban J connectivity index is 1.66. The number of rotatable bonds is 3. The molecule has 0 saturated carbocycles. The van der Waals surface area contributed by atoms with Crippen LogP contribution in [0.4, 0.5) is 5.69 Å². The zero-order chi connectivity index (χ0) is 17.2. The number of para-hydroxylation sites is 1. The topological polar surface area (TPSA) is 70.1 Å². The molecule has 0 radical (unpaired) electrons. The Morgan fingerprint density at radius 3 is 2.46 bits per heavy atom. The highest BCUT2D eigenvalue weighted by Gasteiger charge is 2.43. The second-order valence-corrected chi connectivity index (χ2v) is 6.54. The van der Waals surface area contributed by atoms with Crippen molar-refractivity contribution < 1.29 is 19.4 Å². The van der Waals surface area contributed by atoms with Gasteiger partial charge in [0.05, 0.1) is 7.11 Å². The van der Waals surface area contributed by atoms with Crippen molar-refractivity contribution in [2.75, 3.05) is 31.6 Å². The lowest BCUT2D eigenvalue weighted by atomic mass is 9.91. The summed E-state index contributed by atoms with van der Waals surface area (Å²) < 4.78 is 4.66. The minimum absolute atomic E-state index is 0.0864. The average Bonchev–Trinajstić information content (AvgIpc) is 3.11. The maximum atomic E-state index is 12.9. The number of benzene rings is 1. The molecule has 1 aromatic rings. The Bertz CT molecular complexity index is 596. The fourth-order valence-corrected chi connectivity index (χ4v) is 3.65. The largest absolute Gasteiger partial charge is 0.467 e. The van der Waals surface area contributed by atoms with Crippen LogP contribution in [0.15, 0.2) is 30.3 Å². The molecule has 0 aliphatic carbocycles. The summed E-state index contributed by atoms with van der Waals surface area (Å²) in [6.07, 6.45) is 2.28. The summed E-state index contributed by atoms with van der Waals surface area (Å²) in [4.78, 5) is 28.5. The maximum absolute atomic E-state index is 12.9. The molecule has 0 aromatic heterocycles. The number of amides is 1. The van der Waals surface area contributed by atoms with E-state index in [9.17, 15) is 14.7 Å². The third-order valence-corrected chi connectivity index (χ3v) is 5.09. The van der Waals surface area contributed by atoms with Gasteiger partial charge in [0.25, 0.3) is 0 Å². The Hall–Kier alpha value is -2.08. The number of nitrogens with zero attached hydrogens (tertiary/aromatic N) is 2. The maximum Gasteiger partial charge on any atom is 0.337 e. The molecule has 2 aliphatic heterocycles. The highest BCUT2D eigenvalue weighted by molar-refractivity contribution is 5.86. The van der Waals surface area contributed by atoms with Crippen molar-refractivity contribution in [3.05, 3.63) is 30.3 Å². The number of likely N-dealkylation sites (tertiary alicyclic amines) is 1. The molecule has 3 rings (SSSR count). The lowest BCUT2D eigenvalue weighted by Gasteiger charge is -2.38. The van der Waals surface area contributed by atoms with Crippen LogP contribution in [0, 0.1) is 0 Å². The summed E-state index contributed by atoms with van der Waals surface area (Å²) >= 11 is 0. The predicted octanol–water partition coefficient (Wildman–Crippen LogP) is 1.18. The molecule has 1 N–H and O–H groups in total.